The summed E-state index contributed by atoms with van der Waals surface area (Å²) in [4.78, 5) is 24.4. The summed E-state index contributed by atoms with van der Waals surface area (Å²) in [5, 5.41) is 5.15. The lowest BCUT2D eigenvalue weighted by atomic mass is 10.2. The molecule has 142 valence electrons. The third kappa shape index (κ3) is 3.53. The van der Waals surface area contributed by atoms with Crippen LogP contribution < -0.4 is 4.90 Å². The molecule has 0 bridgehead atoms. The van der Waals surface area contributed by atoms with E-state index in [1.54, 1.807) is 15.8 Å². The SMILES string of the molecule is Cc1cc(C(=O)N(Cc2ccccn2)c2nc3ccccc3s2)n(C(C)C)n1. The topological polar surface area (TPSA) is 63.9 Å². The average molecular weight is 392 g/mol. The molecule has 4 aromatic rings. The lowest BCUT2D eigenvalue weighted by Gasteiger charge is -2.21. The van der Waals surface area contributed by atoms with Gasteiger partial charge in [-0.1, -0.05) is 29.5 Å². The summed E-state index contributed by atoms with van der Waals surface area (Å²) in [7, 11) is 0. The number of para-hydroxylation sites is 1. The maximum absolute atomic E-state index is 13.6. The van der Waals surface area contributed by atoms with E-state index < -0.39 is 0 Å². The van der Waals surface area contributed by atoms with Gasteiger partial charge in [-0.25, -0.2) is 4.98 Å². The Labute approximate surface area is 167 Å². The number of aryl methyl sites for hydroxylation is 1. The van der Waals surface area contributed by atoms with Gasteiger partial charge in [0.15, 0.2) is 5.13 Å². The molecule has 1 aromatic carbocycles. The van der Waals surface area contributed by atoms with Crippen molar-refractivity contribution in [1.29, 1.82) is 0 Å². The van der Waals surface area contributed by atoms with Crippen molar-refractivity contribution in [2.24, 2.45) is 0 Å². The molecule has 0 aliphatic rings. The molecule has 28 heavy (non-hydrogen) atoms. The molecule has 0 aliphatic carbocycles. The first-order valence-corrected chi connectivity index (χ1v) is 9.98. The predicted molar refractivity (Wildman–Crippen MR) is 112 cm³/mol. The number of fused-ring (bicyclic) bond motifs is 1. The molecule has 0 radical (unpaired) electrons. The second kappa shape index (κ2) is 7.52. The van der Waals surface area contributed by atoms with Crippen molar-refractivity contribution in [1.82, 2.24) is 19.7 Å². The molecule has 0 aliphatic heterocycles. The van der Waals surface area contributed by atoms with Crippen molar-refractivity contribution in [3.05, 3.63) is 71.8 Å². The van der Waals surface area contributed by atoms with Crippen LogP contribution in [-0.4, -0.2) is 25.7 Å². The van der Waals surface area contributed by atoms with Crippen LogP contribution in [0.5, 0.6) is 0 Å². The molecule has 0 atom stereocenters. The Morgan fingerprint density at radius 2 is 1.96 bits per heavy atom. The van der Waals surface area contributed by atoms with Crippen LogP contribution in [0.15, 0.2) is 54.7 Å². The fourth-order valence-electron chi connectivity index (χ4n) is 3.06. The number of rotatable bonds is 5. The number of anilines is 1. The average Bonchev–Trinajstić information content (AvgIpc) is 3.30. The minimum absolute atomic E-state index is 0.0831. The Balaban J connectivity index is 1.79. The number of benzene rings is 1. The highest BCUT2D eigenvalue weighted by atomic mass is 32.1. The van der Waals surface area contributed by atoms with Crippen LogP contribution in [0, 0.1) is 6.92 Å². The summed E-state index contributed by atoms with van der Waals surface area (Å²) < 4.78 is 2.82. The van der Waals surface area contributed by atoms with Crippen molar-refractivity contribution < 1.29 is 4.79 Å². The second-order valence-electron chi connectivity index (χ2n) is 6.89. The third-order valence-corrected chi connectivity index (χ3v) is 5.43. The predicted octanol–water partition coefficient (Wildman–Crippen LogP) is 4.62. The number of hydrogen-bond donors (Lipinski definition) is 0. The van der Waals surface area contributed by atoms with Crippen molar-refractivity contribution in [3.8, 4) is 0 Å². The number of thiazole rings is 1. The highest BCUT2D eigenvalue weighted by molar-refractivity contribution is 7.22. The zero-order chi connectivity index (χ0) is 19.7. The molecule has 0 spiro atoms. The van der Waals surface area contributed by atoms with E-state index in [4.69, 9.17) is 4.98 Å². The van der Waals surface area contributed by atoms with Crippen LogP contribution in [0.2, 0.25) is 0 Å². The number of amides is 1. The first kappa shape index (κ1) is 18.3. The van der Waals surface area contributed by atoms with Crippen LogP contribution in [0.1, 0.15) is 41.8 Å². The first-order valence-electron chi connectivity index (χ1n) is 9.16. The van der Waals surface area contributed by atoms with E-state index in [-0.39, 0.29) is 11.9 Å². The zero-order valence-electron chi connectivity index (χ0n) is 16.0. The van der Waals surface area contributed by atoms with Gasteiger partial charge in [-0.15, -0.1) is 0 Å². The van der Waals surface area contributed by atoms with Gasteiger partial charge in [0.1, 0.15) is 5.69 Å². The fourth-order valence-corrected chi connectivity index (χ4v) is 4.03. The molecule has 4 rings (SSSR count). The van der Waals surface area contributed by atoms with Crippen molar-refractivity contribution in [2.45, 2.75) is 33.4 Å². The van der Waals surface area contributed by atoms with Crippen LogP contribution in [0.3, 0.4) is 0 Å². The molecule has 0 N–H and O–H groups in total. The summed E-state index contributed by atoms with van der Waals surface area (Å²) in [5.74, 6) is -0.126. The van der Waals surface area contributed by atoms with E-state index in [2.05, 4.69) is 10.1 Å². The lowest BCUT2D eigenvalue weighted by Crippen LogP contribution is -2.32. The van der Waals surface area contributed by atoms with E-state index in [1.807, 2.05) is 69.3 Å². The van der Waals surface area contributed by atoms with E-state index in [0.717, 1.165) is 21.6 Å². The molecule has 0 saturated carbocycles. The van der Waals surface area contributed by atoms with Crippen LogP contribution >= 0.6 is 11.3 Å². The summed E-state index contributed by atoms with van der Waals surface area (Å²) in [6.45, 7) is 6.28. The Bertz CT molecular complexity index is 1080. The second-order valence-corrected chi connectivity index (χ2v) is 7.89. The zero-order valence-corrected chi connectivity index (χ0v) is 16.8. The summed E-state index contributed by atoms with van der Waals surface area (Å²) in [6.07, 6.45) is 1.73. The van der Waals surface area contributed by atoms with E-state index in [9.17, 15) is 4.79 Å². The monoisotopic (exact) mass is 391 g/mol. The molecule has 6 nitrogen and oxygen atoms in total. The maximum Gasteiger partial charge on any atom is 0.278 e. The Morgan fingerprint density at radius 3 is 2.68 bits per heavy atom. The van der Waals surface area contributed by atoms with E-state index >= 15 is 0 Å². The number of aromatic nitrogens is 4. The van der Waals surface area contributed by atoms with Crippen molar-refractivity contribution >= 4 is 32.6 Å². The van der Waals surface area contributed by atoms with Crippen LogP contribution in [0.4, 0.5) is 5.13 Å². The van der Waals surface area contributed by atoms with Gasteiger partial charge in [-0.2, -0.15) is 5.10 Å². The summed E-state index contributed by atoms with van der Waals surface area (Å²) in [6, 6.07) is 15.5. The van der Waals surface area contributed by atoms with Crippen LogP contribution in [0.25, 0.3) is 10.2 Å². The van der Waals surface area contributed by atoms with Gasteiger partial charge in [0.25, 0.3) is 5.91 Å². The molecule has 0 fully saturated rings. The minimum Gasteiger partial charge on any atom is -0.277 e. The van der Waals surface area contributed by atoms with Gasteiger partial charge < -0.3 is 0 Å². The number of carbonyl (C=O) groups excluding carboxylic acids is 1. The molecule has 1 amide bonds. The molecule has 7 heteroatoms. The maximum atomic E-state index is 13.6. The van der Waals surface area contributed by atoms with Crippen LogP contribution in [-0.2, 0) is 6.54 Å². The first-order chi connectivity index (χ1) is 13.5. The minimum atomic E-state index is -0.126. The molecule has 3 heterocycles. The fraction of sp³-hybridized carbons (Fsp3) is 0.238. The third-order valence-electron chi connectivity index (χ3n) is 4.37. The standard InChI is InChI=1S/C21H21N5OS/c1-14(2)26-18(12-15(3)24-26)20(27)25(13-16-8-6-7-11-22-16)21-23-17-9-4-5-10-19(17)28-21/h4-12,14H,13H2,1-3H3. The van der Waals surface area contributed by atoms with Gasteiger partial charge in [0.2, 0.25) is 0 Å². The molecule has 0 unspecified atom stereocenters. The number of pyridine rings is 1. The quantitative estimate of drug-likeness (QED) is 0.498. The number of hydrogen-bond acceptors (Lipinski definition) is 5. The molecule has 3 aromatic heterocycles. The molecular weight excluding hydrogens is 370 g/mol. The number of nitrogens with zero attached hydrogens (tertiary/aromatic N) is 5. The number of carbonyl (C=O) groups is 1. The molecule has 0 saturated heterocycles. The van der Waals surface area contributed by atoms with Crippen molar-refractivity contribution in [3.63, 3.8) is 0 Å². The summed E-state index contributed by atoms with van der Waals surface area (Å²) in [5.41, 5.74) is 3.07. The Kier molecular flexibility index (Phi) is 4.92. The van der Waals surface area contributed by atoms with Crippen molar-refractivity contribution in [2.75, 3.05) is 4.90 Å². The van der Waals surface area contributed by atoms with E-state index in [0.29, 0.717) is 17.4 Å². The smallest absolute Gasteiger partial charge is 0.277 e. The highest BCUT2D eigenvalue weighted by Gasteiger charge is 2.26. The Morgan fingerprint density at radius 1 is 1.18 bits per heavy atom. The summed E-state index contributed by atoms with van der Waals surface area (Å²) >= 11 is 1.51. The van der Waals surface area contributed by atoms with Gasteiger partial charge in [0.05, 0.1) is 28.1 Å². The van der Waals surface area contributed by atoms with Gasteiger partial charge in [0, 0.05) is 12.2 Å². The Hall–Kier alpha value is -3.06. The normalized spacial score (nSPS) is 11.3. The largest absolute Gasteiger partial charge is 0.278 e. The van der Waals surface area contributed by atoms with Gasteiger partial charge in [-0.3, -0.25) is 19.4 Å². The highest BCUT2D eigenvalue weighted by Crippen LogP contribution is 2.31. The van der Waals surface area contributed by atoms with Gasteiger partial charge >= 0.3 is 0 Å². The van der Waals surface area contributed by atoms with Gasteiger partial charge in [-0.05, 0) is 51.1 Å². The lowest BCUT2D eigenvalue weighted by molar-refractivity contribution is 0.0972. The van der Waals surface area contributed by atoms with E-state index in [1.165, 1.54) is 11.3 Å². The molecular formula is C21H21N5OS.